The molecule has 0 radical (unpaired) electrons. The van der Waals surface area contributed by atoms with Gasteiger partial charge in [0.1, 0.15) is 0 Å². The summed E-state index contributed by atoms with van der Waals surface area (Å²) in [6, 6.07) is 2.76. The maximum Gasteiger partial charge on any atom is 0.310 e. The summed E-state index contributed by atoms with van der Waals surface area (Å²) in [7, 11) is 1.24. The summed E-state index contributed by atoms with van der Waals surface area (Å²) in [4.78, 5) is 14.2. The maximum absolute atomic E-state index is 12.6. The van der Waals surface area contributed by atoms with E-state index in [0.29, 0.717) is 5.56 Å². The Labute approximate surface area is 79.9 Å². The lowest BCUT2D eigenvalue weighted by atomic mass is 10.1. The van der Waals surface area contributed by atoms with Crippen LogP contribution in [-0.2, 0) is 16.0 Å². The zero-order valence-electron chi connectivity index (χ0n) is 7.45. The van der Waals surface area contributed by atoms with Crippen LogP contribution >= 0.6 is 0 Å². The van der Waals surface area contributed by atoms with Crippen LogP contribution in [0, 0.1) is 17.3 Å². The topological polar surface area (TPSA) is 63.0 Å². The largest absolute Gasteiger partial charge is 0.469 e. The summed E-state index contributed by atoms with van der Waals surface area (Å²) < 4.78 is 17.0. The average molecular weight is 194 g/mol. The average Bonchev–Trinajstić information content (AvgIpc) is 2.20. The minimum absolute atomic E-state index is 0.0767. The van der Waals surface area contributed by atoms with Crippen molar-refractivity contribution in [1.82, 2.24) is 4.98 Å². The molecular formula is C9H7FN2O2. The Morgan fingerprint density at radius 3 is 3.07 bits per heavy atom. The number of ether oxygens (including phenoxy) is 1. The summed E-state index contributed by atoms with van der Waals surface area (Å²) in [6.07, 6.45) is 1.08. The Morgan fingerprint density at radius 2 is 2.50 bits per heavy atom. The van der Waals surface area contributed by atoms with E-state index in [2.05, 4.69) is 9.72 Å². The molecule has 0 unspecified atom stereocenters. The number of hydrogen-bond donors (Lipinski definition) is 0. The molecule has 0 saturated heterocycles. The Hall–Kier alpha value is -1.96. The van der Waals surface area contributed by atoms with Crippen LogP contribution in [-0.4, -0.2) is 18.1 Å². The highest BCUT2D eigenvalue weighted by molar-refractivity contribution is 5.73. The molecule has 14 heavy (non-hydrogen) atoms. The van der Waals surface area contributed by atoms with Crippen molar-refractivity contribution in [3.63, 3.8) is 0 Å². The van der Waals surface area contributed by atoms with Gasteiger partial charge in [0.25, 0.3) is 0 Å². The van der Waals surface area contributed by atoms with Gasteiger partial charge in [-0.05, 0) is 5.56 Å². The molecule has 0 fully saturated rings. The lowest BCUT2D eigenvalue weighted by Gasteiger charge is -2.01. The van der Waals surface area contributed by atoms with Crippen LogP contribution in [0.5, 0.6) is 0 Å². The van der Waals surface area contributed by atoms with E-state index in [9.17, 15) is 9.18 Å². The quantitative estimate of drug-likeness (QED) is 0.516. The fourth-order valence-corrected chi connectivity index (χ4v) is 0.931. The van der Waals surface area contributed by atoms with Crippen molar-refractivity contribution in [1.29, 1.82) is 5.26 Å². The number of pyridine rings is 1. The molecule has 0 N–H and O–H groups in total. The van der Waals surface area contributed by atoms with Gasteiger partial charge in [0, 0.05) is 12.3 Å². The first-order valence-corrected chi connectivity index (χ1v) is 3.78. The van der Waals surface area contributed by atoms with Crippen LogP contribution in [0.4, 0.5) is 4.39 Å². The molecule has 0 aliphatic heterocycles. The third-order valence-electron chi connectivity index (χ3n) is 1.64. The second-order valence-electron chi connectivity index (χ2n) is 2.53. The number of rotatable bonds is 2. The third-order valence-corrected chi connectivity index (χ3v) is 1.64. The number of nitriles is 1. The first-order chi connectivity index (χ1) is 6.67. The molecule has 0 aliphatic carbocycles. The first kappa shape index (κ1) is 10.1. The zero-order chi connectivity index (χ0) is 10.6. The van der Waals surface area contributed by atoms with Crippen molar-refractivity contribution in [2.45, 2.75) is 6.42 Å². The number of hydrogen-bond acceptors (Lipinski definition) is 4. The number of carbonyl (C=O) groups is 1. The molecule has 0 aromatic carbocycles. The molecule has 0 spiro atoms. The van der Waals surface area contributed by atoms with Gasteiger partial charge in [0.2, 0.25) is 5.95 Å². The number of methoxy groups -OCH3 is 1. The predicted molar refractivity (Wildman–Crippen MR) is 44.6 cm³/mol. The molecule has 0 saturated carbocycles. The SMILES string of the molecule is COC(=O)Cc1cnc(F)cc1C#N. The fraction of sp³-hybridized carbons (Fsp3) is 0.222. The molecule has 1 aromatic heterocycles. The van der Waals surface area contributed by atoms with Crippen molar-refractivity contribution >= 4 is 5.97 Å². The smallest absolute Gasteiger partial charge is 0.310 e. The van der Waals surface area contributed by atoms with Crippen LogP contribution < -0.4 is 0 Å². The van der Waals surface area contributed by atoms with E-state index in [1.807, 2.05) is 0 Å². The number of esters is 1. The molecule has 0 aliphatic rings. The zero-order valence-corrected chi connectivity index (χ0v) is 7.45. The highest BCUT2D eigenvalue weighted by Crippen LogP contribution is 2.08. The van der Waals surface area contributed by atoms with Gasteiger partial charge in [0.05, 0.1) is 25.2 Å². The van der Waals surface area contributed by atoms with Crippen molar-refractivity contribution in [3.05, 3.63) is 29.3 Å². The molecule has 0 bridgehead atoms. The predicted octanol–water partition coefficient (Wildman–Crippen LogP) is 0.808. The summed E-state index contributed by atoms with van der Waals surface area (Å²) >= 11 is 0. The van der Waals surface area contributed by atoms with Gasteiger partial charge in [-0.25, -0.2) is 4.98 Å². The molecular weight excluding hydrogens is 187 g/mol. The van der Waals surface area contributed by atoms with Crippen LogP contribution in [0.2, 0.25) is 0 Å². The normalized spacial score (nSPS) is 9.21. The minimum Gasteiger partial charge on any atom is -0.469 e. The van der Waals surface area contributed by atoms with Gasteiger partial charge in [-0.1, -0.05) is 0 Å². The standard InChI is InChI=1S/C9H7FN2O2/c1-14-9(13)3-7-5-12-8(10)2-6(7)4-11/h2,5H,3H2,1H3. The molecule has 4 nitrogen and oxygen atoms in total. The second-order valence-corrected chi connectivity index (χ2v) is 2.53. The number of nitrogens with zero attached hydrogens (tertiary/aromatic N) is 2. The lowest BCUT2D eigenvalue weighted by Crippen LogP contribution is -2.06. The van der Waals surface area contributed by atoms with Gasteiger partial charge in [0.15, 0.2) is 0 Å². The van der Waals surface area contributed by atoms with E-state index in [1.54, 1.807) is 6.07 Å². The molecule has 1 heterocycles. The van der Waals surface area contributed by atoms with Gasteiger partial charge < -0.3 is 4.74 Å². The number of aromatic nitrogens is 1. The van der Waals surface area contributed by atoms with Gasteiger partial charge in [-0.3, -0.25) is 4.79 Å². The Bertz CT molecular complexity index is 398. The molecule has 72 valence electrons. The van der Waals surface area contributed by atoms with E-state index in [0.717, 1.165) is 12.3 Å². The summed E-state index contributed by atoms with van der Waals surface area (Å²) in [6.45, 7) is 0. The Balaban J connectivity index is 2.98. The van der Waals surface area contributed by atoms with E-state index >= 15 is 0 Å². The maximum atomic E-state index is 12.6. The van der Waals surface area contributed by atoms with Crippen molar-refractivity contribution < 1.29 is 13.9 Å². The van der Waals surface area contributed by atoms with Crippen LogP contribution in [0.25, 0.3) is 0 Å². The van der Waals surface area contributed by atoms with Gasteiger partial charge in [-0.2, -0.15) is 9.65 Å². The summed E-state index contributed by atoms with van der Waals surface area (Å²) in [5.41, 5.74) is 0.462. The third kappa shape index (κ3) is 2.26. The van der Waals surface area contributed by atoms with E-state index in [1.165, 1.54) is 7.11 Å². The van der Waals surface area contributed by atoms with Crippen LogP contribution in [0.1, 0.15) is 11.1 Å². The van der Waals surface area contributed by atoms with E-state index < -0.39 is 11.9 Å². The number of carbonyl (C=O) groups excluding carboxylic acids is 1. The first-order valence-electron chi connectivity index (χ1n) is 3.78. The molecule has 1 rings (SSSR count). The van der Waals surface area contributed by atoms with Gasteiger partial charge in [-0.15, -0.1) is 0 Å². The van der Waals surface area contributed by atoms with Gasteiger partial charge >= 0.3 is 5.97 Å². The van der Waals surface area contributed by atoms with Crippen molar-refractivity contribution in [3.8, 4) is 6.07 Å². The molecule has 1 aromatic rings. The Morgan fingerprint density at radius 1 is 1.79 bits per heavy atom. The molecule has 0 atom stereocenters. The minimum atomic E-state index is -0.741. The lowest BCUT2D eigenvalue weighted by molar-refractivity contribution is -0.139. The van der Waals surface area contributed by atoms with Crippen LogP contribution in [0.3, 0.4) is 0 Å². The van der Waals surface area contributed by atoms with Crippen molar-refractivity contribution in [2.75, 3.05) is 7.11 Å². The highest BCUT2D eigenvalue weighted by Gasteiger charge is 2.09. The highest BCUT2D eigenvalue weighted by atomic mass is 19.1. The second kappa shape index (κ2) is 4.33. The number of halogens is 1. The summed E-state index contributed by atoms with van der Waals surface area (Å²) in [5.74, 6) is -1.23. The monoisotopic (exact) mass is 194 g/mol. The van der Waals surface area contributed by atoms with E-state index in [4.69, 9.17) is 5.26 Å². The van der Waals surface area contributed by atoms with Crippen molar-refractivity contribution in [2.24, 2.45) is 0 Å². The van der Waals surface area contributed by atoms with Crippen LogP contribution in [0.15, 0.2) is 12.3 Å². The summed E-state index contributed by atoms with van der Waals surface area (Å²) in [5, 5.41) is 8.63. The Kier molecular flexibility index (Phi) is 3.13. The molecule has 0 amide bonds. The fourth-order valence-electron chi connectivity index (χ4n) is 0.931. The van der Waals surface area contributed by atoms with E-state index in [-0.39, 0.29) is 12.0 Å². The molecule has 5 heteroatoms.